The molecule has 0 spiro atoms. The number of amides is 2. The Balaban J connectivity index is 1.25. The van der Waals surface area contributed by atoms with Gasteiger partial charge in [-0.3, -0.25) is 14.5 Å². The zero-order chi connectivity index (χ0) is 20.9. The van der Waals surface area contributed by atoms with Crippen LogP contribution in [0, 0.1) is 6.92 Å². The Hall–Kier alpha value is -2.97. The molecule has 2 aromatic heterocycles. The molecular formula is C22H24N4O3S. The maximum absolute atomic E-state index is 12.3. The largest absolute Gasteiger partial charge is 0.459 e. The van der Waals surface area contributed by atoms with E-state index in [2.05, 4.69) is 15.2 Å². The van der Waals surface area contributed by atoms with Gasteiger partial charge in [-0.25, -0.2) is 4.98 Å². The number of hydrogen-bond donors (Lipinski definition) is 1. The Bertz CT molecular complexity index is 1010. The first-order valence-electron chi connectivity index (χ1n) is 9.92. The number of aryl methyl sites for hydroxylation is 1. The van der Waals surface area contributed by atoms with Crippen molar-refractivity contribution in [3.63, 3.8) is 0 Å². The van der Waals surface area contributed by atoms with Gasteiger partial charge in [0.1, 0.15) is 5.01 Å². The molecule has 1 aliphatic heterocycles. The summed E-state index contributed by atoms with van der Waals surface area (Å²) in [5.74, 6) is 0.266. The number of rotatable bonds is 6. The van der Waals surface area contributed by atoms with Gasteiger partial charge in [0.15, 0.2) is 5.76 Å². The second-order valence-corrected chi connectivity index (χ2v) is 8.26. The predicted octanol–water partition coefficient (Wildman–Crippen LogP) is 3.18. The predicted molar refractivity (Wildman–Crippen MR) is 116 cm³/mol. The van der Waals surface area contributed by atoms with Crippen molar-refractivity contribution < 1.29 is 14.0 Å². The maximum atomic E-state index is 12.3. The lowest BCUT2D eigenvalue weighted by Gasteiger charge is -2.33. The third kappa shape index (κ3) is 4.95. The summed E-state index contributed by atoms with van der Waals surface area (Å²) in [6.07, 6.45) is 1.79. The van der Waals surface area contributed by atoms with Crippen LogP contribution >= 0.6 is 11.3 Å². The molecule has 3 aromatic rings. The first kappa shape index (κ1) is 20.3. The molecule has 1 N–H and O–H groups in total. The highest BCUT2D eigenvalue weighted by molar-refractivity contribution is 7.09. The van der Waals surface area contributed by atoms with Gasteiger partial charge in [0, 0.05) is 43.8 Å². The van der Waals surface area contributed by atoms with Gasteiger partial charge < -0.3 is 14.6 Å². The molecule has 1 aromatic carbocycles. The standard InChI is InChI=1S/C22H24N4O3S/c1-16-5-2-3-6-18(16)24-20(27)13-21-23-17(15-30-21)14-25-8-10-26(11-9-25)22(28)19-7-4-12-29-19/h2-7,12,15H,8-11,13-14H2,1H3,(H,24,27). The van der Waals surface area contributed by atoms with Crippen molar-refractivity contribution in [1.29, 1.82) is 0 Å². The van der Waals surface area contributed by atoms with Crippen molar-refractivity contribution >= 4 is 28.8 Å². The Kier molecular flexibility index (Phi) is 6.25. The van der Waals surface area contributed by atoms with Crippen LogP contribution in [-0.4, -0.2) is 52.8 Å². The molecule has 1 aliphatic rings. The second-order valence-electron chi connectivity index (χ2n) is 7.32. The highest BCUT2D eigenvalue weighted by Crippen LogP contribution is 2.17. The van der Waals surface area contributed by atoms with E-state index in [0.717, 1.165) is 41.6 Å². The van der Waals surface area contributed by atoms with E-state index in [1.165, 1.54) is 17.6 Å². The van der Waals surface area contributed by atoms with Gasteiger partial charge in [0.25, 0.3) is 5.91 Å². The number of nitrogens with one attached hydrogen (secondary N) is 1. The molecular weight excluding hydrogens is 400 g/mol. The number of carbonyl (C=O) groups excluding carboxylic acids is 2. The number of carbonyl (C=O) groups is 2. The lowest BCUT2D eigenvalue weighted by atomic mass is 10.2. The Morgan fingerprint density at radius 2 is 1.93 bits per heavy atom. The van der Waals surface area contributed by atoms with Crippen LogP contribution in [0.1, 0.15) is 26.8 Å². The van der Waals surface area contributed by atoms with E-state index in [1.54, 1.807) is 12.1 Å². The number of benzene rings is 1. The third-order valence-electron chi connectivity index (χ3n) is 5.11. The highest BCUT2D eigenvalue weighted by Gasteiger charge is 2.24. The van der Waals surface area contributed by atoms with Gasteiger partial charge in [-0.2, -0.15) is 0 Å². The molecule has 0 aliphatic carbocycles. The van der Waals surface area contributed by atoms with Crippen LogP contribution in [0.2, 0.25) is 0 Å². The highest BCUT2D eigenvalue weighted by atomic mass is 32.1. The van der Waals surface area contributed by atoms with E-state index >= 15 is 0 Å². The van der Waals surface area contributed by atoms with Crippen LogP contribution in [0.3, 0.4) is 0 Å². The van der Waals surface area contributed by atoms with Gasteiger partial charge >= 0.3 is 0 Å². The van der Waals surface area contributed by atoms with Crippen molar-refractivity contribution in [3.8, 4) is 0 Å². The summed E-state index contributed by atoms with van der Waals surface area (Å²) in [5.41, 5.74) is 2.83. The van der Waals surface area contributed by atoms with Crippen molar-refractivity contribution in [2.75, 3.05) is 31.5 Å². The summed E-state index contributed by atoms with van der Waals surface area (Å²) in [7, 11) is 0. The summed E-state index contributed by atoms with van der Waals surface area (Å²) in [5, 5.41) is 5.77. The molecule has 1 saturated heterocycles. The van der Waals surface area contributed by atoms with Gasteiger partial charge in [0.05, 0.1) is 18.4 Å². The fourth-order valence-corrected chi connectivity index (χ4v) is 4.23. The van der Waals surface area contributed by atoms with Crippen LogP contribution in [-0.2, 0) is 17.8 Å². The van der Waals surface area contributed by atoms with Gasteiger partial charge in [-0.05, 0) is 30.7 Å². The zero-order valence-electron chi connectivity index (χ0n) is 16.8. The molecule has 156 valence electrons. The Morgan fingerprint density at radius 3 is 2.67 bits per heavy atom. The number of thiazole rings is 1. The number of nitrogens with zero attached hydrogens (tertiary/aromatic N) is 3. The molecule has 8 heteroatoms. The van der Waals surface area contributed by atoms with E-state index in [9.17, 15) is 9.59 Å². The molecule has 0 radical (unpaired) electrons. The van der Waals surface area contributed by atoms with Crippen LogP contribution in [0.5, 0.6) is 0 Å². The molecule has 3 heterocycles. The van der Waals surface area contributed by atoms with Crippen LogP contribution < -0.4 is 5.32 Å². The topological polar surface area (TPSA) is 78.7 Å². The smallest absolute Gasteiger partial charge is 0.289 e. The molecule has 0 atom stereocenters. The number of anilines is 1. The lowest BCUT2D eigenvalue weighted by Crippen LogP contribution is -2.48. The average molecular weight is 425 g/mol. The molecule has 0 saturated carbocycles. The number of para-hydroxylation sites is 1. The fraction of sp³-hybridized carbons (Fsp3) is 0.318. The zero-order valence-corrected chi connectivity index (χ0v) is 17.7. The van der Waals surface area contributed by atoms with Crippen molar-refractivity contribution in [2.24, 2.45) is 0 Å². The fourth-order valence-electron chi connectivity index (χ4n) is 3.44. The van der Waals surface area contributed by atoms with Crippen LogP contribution in [0.4, 0.5) is 5.69 Å². The minimum atomic E-state index is -0.0600. The van der Waals surface area contributed by atoms with E-state index < -0.39 is 0 Å². The van der Waals surface area contributed by atoms with Crippen molar-refractivity contribution in [1.82, 2.24) is 14.8 Å². The summed E-state index contributed by atoms with van der Waals surface area (Å²) < 4.78 is 5.20. The first-order valence-corrected chi connectivity index (χ1v) is 10.8. The van der Waals surface area contributed by atoms with E-state index in [-0.39, 0.29) is 18.2 Å². The van der Waals surface area contributed by atoms with Crippen LogP contribution in [0.25, 0.3) is 0 Å². The van der Waals surface area contributed by atoms with Crippen LogP contribution in [0.15, 0.2) is 52.5 Å². The normalized spacial score (nSPS) is 14.6. The molecule has 4 rings (SSSR count). The lowest BCUT2D eigenvalue weighted by molar-refractivity contribution is -0.115. The van der Waals surface area contributed by atoms with E-state index in [1.807, 2.05) is 41.5 Å². The molecule has 30 heavy (non-hydrogen) atoms. The molecule has 7 nitrogen and oxygen atoms in total. The Morgan fingerprint density at radius 1 is 1.13 bits per heavy atom. The van der Waals surface area contributed by atoms with E-state index in [4.69, 9.17) is 4.42 Å². The summed E-state index contributed by atoms with van der Waals surface area (Å²) in [6, 6.07) is 11.2. The second kappa shape index (κ2) is 9.23. The molecule has 2 amide bonds. The average Bonchev–Trinajstić information content (AvgIpc) is 3.42. The van der Waals surface area contributed by atoms with Crippen molar-refractivity contribution in [2.45, 2.75) is 19.9 Å². The number of aromatic nitrogens is 1. The summed E-state index contributed by atoms with van der Waals surface area (Å²) in [4.78, 5) is 33.4. The third-order valence-corrected chi connectivity index (χ3v) is 6.00. The minimum absolute atomic E-state index is 0.0599. The molecule has 0 bridgehead atoms. The SMILES string of the molecule is Cc1ccccc1NC(=O)Cc1nc(CN2CCN(C(=O)c3ccco3)CC2)cs1. The summed E-state index contributed by atoms with van der Waals surface area (Å²) >= 11 is 1.51. The summed E-state index contributed by atoms with van der Waals surface area (Å²) in [6.45, 7) is 5.59. The first-order chi connectivity index (χ1) is 14.6. The Labute approximate surface area is 179 Å². The van der Waals surface area contributed by atoms with Gasteiger partial charge in [-0.15, -0.1) is 11.3 Å². The number of piperazine rings is 1. The van der Waals surface area contributed by atoms with E-state index in [0.29, 0.717) is 18.8 Å². The number of hydrogen-bond acceptors (Lipinski definition) is 6. The monoisotopic (exact) mass is 424 g/mol. The molecule has 1 fully saturated rings. The van der Waals surface area contributed by atoms with Gasteiger partial charge in [-0.1, -0.05) is 18.2 Å². The maximum Gasteiger partial charge on any atom is 0.289 e. The molecule has 0 unspecified atom stereocenters. The number of furan rings is 1. The van der Waals surface area contributed by atoms with Gasteiger partial charge in [0.2, 0.25) is 5.91 Å². The quantitative estimate of drug-likeness (QED) is 0.658. The minimum Gasteiger partial charge on any atom is -0.459 e. The van der Waals surface area contributed by atoms with Crippen molar-refractivity contribution in [3.05, 3.63) is 70.1 Å².